The Bertz CT molecular complexity index is 897. The summed E-state index contributed by atoms with van der Waals surface area (Å²) < 4.78 is 1.84. The number of fused-ring (bicyclic) bond motifs is 1. The number of aromatic amines is 1. The smallest absolute Gasteiger partial charge is 0.258 e. The fourth-order valence-corrected chi connectivity index (χ4v) is 3.41. The predicted molar refractivity (Wildman–Crippen MR) is 88.0 cm³/mol. The average molecular weight is 309 g/mol. The van der Waals surface area contributed by atoms with Gasteiger partial charge >= 0.3 is 0 Å². The van der Waals surface area contributed by atoms with Crippen molar-refractivity contribution in [2.24, 2.45) is 7.05 Å². The SMILES string of the molecule is Cn1cc([C@@H]2CCCN2Cc2nc3ccccc3c(=O)[nH]2)cn1. The van der Waals surface area contributed by atoms with Crippen LogP contribution < -0.4 is 5.56 Å². The van der Waals surface area contributed by atoms with Crippen LogP contribution in [0.2, 0.25) is 0 Å². The van der Waals surface area contributed by atoms with E-state index in [2.05, 4.69) is 26.2 Å². The van der Waals surface area contributed by atoms with E-state index in [1.807, 2.05) is 36.1 Å². The standard InChI is InChI=1S/C17H19N5O/c1-21-10-12(9-18-21)15-7-4-8-22(15)11-16-19-14-6-3-2-5-13(14)17(23)20-16/h2-3,5-6,9-10,15H,4,7-8,11H2,1H3,(H,19,20,23)/t15-/m0/s1. The van der Waals surface area contributed by atoms with Gasteiger partial charge in [0.15, 0.2) is 0 Å². The second kappa shape index (κ2) is 5.62. The van der Waals surface area contributed by atoms with Crippen molar-refractivity contribution in [2.45, 2.75) is 25.4 Å². The third-order valence-electron chi connectivity index (χ3n) is 4.49. The molecule has 0 aliphatic carbocycles. The first-order chi connectivity index (χ1) is 11.2. The third-order valence-corrected chi connectivity index (χ3v) is 4.49. The lowest BCUT2D eigenvalue weighted by atomic mass is 10.1. The maximum Gasteiger partial charge on any atom is 0.258 e. The maximum absolute atomic E-state index is 12.2. The Balaban J connectivity index is 1.63. The van der Waals surface area contributed by atoms with Crippen LogP contribution in [0.3, 0.4) is 0 Å². The van der Waals surface area contributed by atoms with Crippen LogP contribution in [0.4, 0.5) is 0 Å². The van der Waals surface area contributed by atoms with Gasteiger partial charge in [-0.05, 0) is 31.5 Å². The van der Waals surface area contributed by atoms with Gasteiger partial charge in [0, 0.05) is 24.8 Å². The molecule has 3 aromatic rings. The number of likely N-dealkylation sites (tertiary alicyclic amines) is 1. The van der Waals surface area contributed by atoms with E-state index in [1.165, 1.54) is 5.56 Å². The minimum atomic E-state index is -0.0669. The Morgan fingerprint density at radius 2 is 2.22 bits per heavy atom. The molecule has 0 saturated carbocycles. The van der Waals surface area contributed by atoms with Gasteiger partial charge in [0.05, 0.1) is 23.6 Å². The molecule has 0 unspecified atom stereocenters. The molecule has 3 heterocycles. The zero-order chi connectivity index (χ0) is 15.8. The van der Waals surface area contributed by atoms with Gasteiger partial charge < -0.3 is 4.98 Å². The van der Waals surface area contributed by atoms with Gasteiger partial charge in [0.2, 0.25) is 0 Å². The highest BCUT2D eigenvalue weighted by molar-refractivity contribution is 5.77. The quantitative estimate of drug-likeness (QED) is 0.803. The second-order valence-corrected chi connectivity index (χ2v) is 6.11. The summed E-state index contributed by atoms with van der Waals surface area (Å²) >= 11 is 0. The van der Waals surface area contributed by atoms with Crippen molar-refractivity contribution in [1.29, 1.82) is 0 Å². The molecule has 23 heavy (non-hydrogen) atoms. The molecule has 1 aromatic carbocycles. The first-order valence-corrected chi connectivity index (χ1v) is 7.91. The molecule has 2 aromatic heterocycles. The van der Waals surface area contributed by atoms with Crippen LogP contribution in [0.5, 0.6) is 0 Å². The van der Waals surface area contributed by atoms with E-state index in [0.29, 0.717) is 18.0 Å². The number of nitrogens with zero attached hydrogens (tertiary/aromatic N) is 4. The van der Waals surface area contributed by atoms with Gasteiger partial charge in [-0.25, -0.2) is 4.98 Å². The van der Waals surface area contributed by atoms with Crippen LogP contribution in [0.15, 0.2) is 41.5 Å². The lowest BCUT2D eigenvalue weighted by Gasteiger charge is -2.22. The summed E-state index contributed by atoms with van der Waals surface area (Å²) in [7, 11) is 1.94. The Morgan fingerprint density at radius 3 is 3.04 bits per heavy atom. The minimum absolute atomic E-state index is 0.0669. The molecule has 4 rings (SSSR count). The molecule has 6 nitrogen and oxygen atoms in total. The minimum Gasteiger partial charge on any atom is -0.309 e. The van der Waals surface area contributed by atoms with Crippen molar-refractivity contribution in [3.8, 4) is 0 Å². The third kappa shape index (κ3) is 2.66. The van der Waals surface area contributed by atoms with Crippen LogP contribution in [0.25, 0.3) is 10.9 Å². The Kier molecular flexibility index (Phi) is 3.46. The summed E-state index contributed by atoms with van der Waals surface area (Å²) in [6.07, 6.45) is 6.26. The van der Waals surface area contributed by atoms with Crippen LogP contribution >= 0.6 is 0 Å². The molecule has 1 saturated heterocycles. The first-order valence-electron chi connectivity index (χ1n) is 7.91. The average Bonchev–Trinajstić information content (AvgIpc) is 3.16. The molecular weight excluding hydrogens is 290 g/mol. The van der Waals surface area contributed by atoms with E-state index in [9.17, 15) is 4.79 Å². The van der Waals surface area contributed by atoms with Gasteiger partial charge in [-0.2, -0.15) is 5.10 Å². The topological polar surface area (TPSA) is 66.8 Å². The summed E-state index contributed by atoms with van der Waals surface area (Å²) in [5.41, 5.74) is 1.92. The maximum atomic E-state index is 12.2. The monoisotopic (exact) mass is 309 g/mol. The number of para-hydroxylation sites is 1. The number of hydrogen-bond donors (Lipinski definition) is 1. The highest BCUT2D eigenvalue weighted by Gasteiger charge is 2.27. The molecule has 6 heteroatoms. The van der Waals surface area contributed by atoms with Crippen molar-refractivity contribution >= 4 is 10.9 Å². The van der Waals surface area contributed by atoms with Gasteiger partial charge in [-0.1, -0.05) is 12.1 Å². The lowest BCUT2D eigenvalue weighted by Crippen LogP contribution is -2.25. The molecule has 1 fully saturated rings. The van der Waals surface area contributed by atoms with Crippen LogP contribution in [0.1, 0.15) is 30.3 Å². The van der Waals surface area contributed by atoms with Crippen LogP contribution in [0, 0.1) is 0 Å². The molecule has 1 aliphatic rings. The van der Waals surface area contributed by atoms with E-state index in [1.54, 1.807) is 6.07 Å². The lowest BCUT2D eigenvalue weighted by molar-refractivity contribution is 0.242. The normalized spacial score (nSPS) is 18.7. The number of hydrogen-bond acceptors (Lipinski definition) is 4. The fourth-order valence-electron chi connectivity index (χ4n) is 3.41. The summed E-state index contributed by atoms with van der Waals surface area (Å²) in [5.74, 6) is 0.726. The molecule has 0 radical (unpaired) electrons. The molecule has 0 spiro atoms. The molecule has 1 atom stereocenters. The molecule has 1 N–H and O–H groups in total. The zero-order valence-corrected chi connectivity index (χ0v) is 13.1. The Hall–Kier alpha value is -2.47. The number of benzene rings is 1. The Labute approximate surface area is 133 Å². The van der Waals surface area contributed by atoms with Gasteiger partial charge in [-0.3, -0.25) is 14.4 Å². The van der Waals surface area contributed by atoms with E-state index in [4.69, 9.17) is 0 Å². The number of nitrogens with one attached hydrogen (secondary N) is 1. The van der Waals surface area contributed by atoms with Crippen molar-refractivity contribution < 1.29 is 0 Å². The second-order valence-electron chi connectivity index (χ2n) is 6.11. The van der Waals surface area contributed by atoms with E-state index >= 15 is 0 Å². The zero-order valence-electron chi connectivity index (χ0n) is 13.1. The molecule has 0 bridgehead atoms. The number of aromatic nitrogens is 4. The van der Waals surface area contributed by atoms with Crippen LogP contribution in [-0.2, 0) is 13.6 Å². The highest BCUT2D eigenvalue weighted by Crippen LogP contribution is 2.32. The summed E-state index contributed by atoms with van der Waals surface area (Å²) in [4.78, 5) is 22.1. The highest BCUT2D eigenvalue weighted by atomic mass is 16.1. The Morgan fingerprint density at radius 1 is 1.35 bits per heavy atom. The van der Waals surface area contributed by atoms with Crippen molar-refractivity contribution in [3.63, 3.8) is 0 Å². The predicted octanol–water partition coefficient (Wildman–Crippen LogP) is 1.99. The van der Waals surface area contributed by atoms with Gasteiger partial charge in [0.1, 0.15) is 5.82 Å². The summed E-state index contributed by atoms with van der Waals surface area (Å²) in [6, 6.07) is 7.81. The molecular formula is C17H19N5O. The largest absolute Gasteiger partial charge is 0.309 e. The summed E-state index contributed by atoms with van der Waals surface area (Å²) in [5, 5.41) is 4.91. The van der Waals surface area contributed by atoms with Crippen LogP contribution in [-0.4, -0.2) is 31.2 Å². The first kappa shape index (κ1) is 14.1. The molecule has 0 amide bonds. The van der Waals surface area contributed by atoms with Gasteiger partial charge in [-0.15, -0.1) is 0 Å². The summed E-state index contributed by atoms with van der Waals surface area (Å²) in [6.45, 7) is 1.66. The number of aryl methyl sites for hydroxylation is 1. The molecule has 118 valence electrons. The van der Waals surface area contributed by atoms with Gasteiger partial charge in [0.25, 0.3) is 5.56 Å². The van der Waals surface area contributed by atoms with Crippen molar-refractivity contribution in [2.75, 3.05) is 6.54 Å². The number of rotatable bonds is 3. The molecule has 1 aliphatic heterocycles. The number of H-pyrrole nitrogens is 1. The van der Waals surface area contributed by atoms with Crippen molar-refractivity contribution in [3.05, 3.63) is 58.4 Å². The van der Waals surface area contributed by atoms with E-state index in [0.717, 1.165) is 30.7 Å². The van der Waals surface area contributed by atoms with E-state index in [-0.39, 0.29) is 5.56 Å². The fraction of sp³-hybridized carbons (Fsp3) is 0.353. The van der Waals surface area contributed by atoms with E-state index < -0.39 is 0 Å². The van der Waals surface area contributed by atoms with Crippen molar-refractivity contribution in [1.82, 2.24) is 24.6 Å².